The minimum Gasteiger partial charge on any atom is -0.197 e. The van der Waals surface area contributed by atoms with E-state index in [1.807, 2.05) is 41.5 Å². The Bertz CT molecular complexity index is 789. The van der Waals surface area contributed by atoms with E-state index in [0.29, 0.717) is 35.5 Å². The van der Waals surface area contributed by atoms with Crippen molar-refractivity contribution in [3.63, 3.8) is 0 Å². The first kappa shape index (κ1) is 41.1. The molecule has 2 aromatic heterocycles. The number of rotatable bonds is 6. The smallest absolute Gasteiger partial charge is 0.0884 e. The van der Waals surface area contributed by atoms with Crippen molar-refractivity contribution in [3.8, 4) is 0 Å². The van der Waals surface area contributed by atoms with E-state index in [-0.39, 0.29) is 0 Å². The lowest BCUT2D eigenvalue weighted by Gasteiger charge is -2.09. The summed E-state index contributed by atoms with van der Waals surface area (Å²) in [4.78, 5) is 0. The summed E-state index contributed by atoms with van der Waals surface area (Å²) < 4.78 is 0. The van der Waals surface area contributed by atoms with Crippen LogP contribution in [0.15, 0.2) is 21.5 Å². The highest BCUT2D eigenvalue weighted by molar-refractivity contribution is 5.21. The number of aromatic amines is 2. The van der Waals surface area contributed by atoms with Crippen LogP contribution in [0, 0.1) is 11.8 Å². The first-order valence-corrected chi connectivity index (χ1v) is 15.3. The van der Waals surface area contributed by atoms with Gasteiger partial charge in [-0.1, -0.05) is 125 Å². The average Bonchev–Trinajstić information content (AvgIpc) is 3.68. The van der Waals surface area contributed by atoms with E-state index in [1.54, 1.807) is 0 Å². The number of aromatic nitrogens is 6. The molecule has 39 heavy (non-hydrogen) atoms. The summed E-state index contributed by atoms with van der Waals surface area (Å²) in [6, 6.07) is 0. The van der Waals surface area contributed by atoms with Gasteiger partial charge in [-0.2, -0.15) is 41.0 Å². The van der Waals surface area contributed by atoms with Gasteiger partial charge in [0.1, 0.15) is 0 Å². The monoisotopic (exact) mass is 549 g/mol. The molecular weight excluding hydrogens is 484 g/mol. The second-order valence-electron chi connectivity index (χ2n) is 10.4. The largest absolute Gasteiger partial charge is 0.197 e. The van der Waals surface area contributed by atoms with Crippen molar-refractivity contribution < 1.29 is 0 Å². The van der Waals surface area contributed by atoms with E-state index in [2.05, 4.69) is 124 Å². The molecule has 2 N–H and O–H groups in total. The predicted octanol–water partition coefficient (Wildman–Crippen LogP) is 10.2. The fourth-order valence-corrected chi connectivity index (χ4v) is 3.49. The Morgan fingerprint density at radius 3 is 0.897 bits per heavy atom. The Hall–Kier alpha value is -2.38. The molecule has 0 saturated heterocycles. The molecule has 3 heterocycles. The molecule has 0 bridgehead atoms. The Morgan fingerprint density at radius 1 is 0.436 bits per heavy atom. The summed E-state index contributed by atoms with van der Waals surface area (Å²) in [6.07, 6.45) is 0. The molecule has 1 aliphatic heterocycles. The van der Waals surface area contributed by atoms with Crippen LogP contribution >= 0.6 is 0 Å². The summed E-state index contributed by atoms with van der Waals surface area (Å²) in [5.74, 6) is 2.98. The second kappa shape index (κ2) is 23.5. The highest BCUT2D eigenvalue weighted by Gasteiger charge is 2.17. The van der Waals surface area contributed by atoms with Gasteiger partial charge >= 0.3 is 0 Å². The molecular formula is C31H64N8. The van der Waals surface area contributed by atoms with Crippen molar-refractivity contribution in [2.24, 2.45) is 22.1 Å². The summed E-state index contributed by atoms with van der Waals surface area (Å²) in [6.45, 7) is 38.6. The fourth-order valence-electron chi connectivity index (χ4n) is 3.49. The topological polar surface area (TPSA) is 108 Å². The number of hydrogen-bond acceptors (Lipinski definition) is 6. The van der Waals surface area contributed by atoms with Crippen molar-refractivity contribution in [1.29, 1.82) is 0 Å². The third-order valence-corrected chi connectivity index (χ3v) is 5.39. The fraction of sp³-hybridized carbons (Fsp3) is 0.806. The van der Waals surface area contributed by atoms with Crippen LogP contribution in [-0.4, -0.2) is 37.4 Å². The molecule has 1 aliphatic rings. The molecule has 8 nitrogen and oxygen atoms in total. The molecule has 0 spiro atoms. The first-order valence-electron chi connectivity index (χ1n) is 15.3. The van der Waals surface area contributed by atoms with Crippen molar-refractivity contribution in [3.05, 3.63) is 34.0 Å². The Balaban J connectivity index is -0.000000453. The van der Waals surface area contributed by atoms with E-state index in [1.165, 1.54) is 11.3 Å². The van der Waals surface area contributed by atoms with Gasteiger partial charge in [0.2, 0.25) is 0 Å². The van der Waals surface area contributed by atoms with E-state index < -0.39 is 0 Å². The summed E-state index contributed by atoms with van der Waals surface area (Å²) in [7, 11) is 0. The van der Waals surface area contributed by atoms with E-state index in [0.717, 1.165) is 29.3 Å². The summed E-state index contributed by atoms with van der Waals surface area (Å²) in [5, 5.41) is 29.9. The molecule has 0 amide bonds. The van der Waals surface area contributed by atoms with Crippen molar-refractivity contribution in [2.75, 3.05) is 6.54 Å². The second-order valence-corrected chi connectivity index (χ2v) is 10.4. The molecule has 8 heteroatoms. The molecule has 0 saturated carbocycles. The lowest BCUT2D eigenvalue weighted by Crippen LogP contribution is -2.01. The maximum Gasteiger partial charge on any atom is 0.0884 e. The van der Waals surface area contributed by atoms with Gasteiger partial charge in [-0.3, -0.25) is 0 Å². The molecule has 3 rings (SSSR count). The standard InChI is InChI=1S/C9H16N2.2C8H15N3.3C2H6/c1-6(2)8-5-10-11-9(8)7(3)4;2*1-5(2)7-8(6(3)4)10-11-9-7;3*1-2/h6-7H,5H2,1-4H3;2*5-6H,1-4H3,(H,9,10,11);3*1-2H3. The van der Waals surface area contributed by atoms with Gasteiger partial charge in [-0.05, 0) is 41.1 Å². The van der Waals surface area contributed by atoms with Gasteiger partial charge in [0, 0.05) is 0 Å². The maximum absolute atomic E-state index is 4.14. The average molecular weight is 549 g/mol. The van der Waals surface area contributed by atoms with E-state index in [4.69, 9.17) is 0 Å². The van der Waals surface area contributed by atoms with Crippen LogP contribution in [0.5, 0.6) is 0 Å². The molecule has 0 fully saturated rings. The van der Waals surface area contributed by atoms with Crippen molar-refractivity contribution >= 4 is 0 Å². The number of H-pyrrole nitrogens is 2. The van der Waals surface area contributed by atoms with Gasteiger partial charge < -0.3 is 0 Å². The number of nitrogens with one attached hydrogen (secondary N) is 2. The van der Waals surface area contributed by atoms with Crippen LogP contribution in [0.3, 0.4) is 0 Å². The zero-order valence-electron chi connectivity index (χ0n) is 28.9. The Morgan fingerprint density at radius 2 is 0.718 bits per heavy atom. The molecule has 0 aromatic carbocycles. The van der Waals surface area contributed by atoms with E-state index >= 15 is 0 Å². The third kappa shape index (κ3) is 15.1. The summed E-state index contributed by atoms with van der Waals surface area (Å²) in [5.41, 5.74) is 7.01. The predicted molar refractivity (Wildman–Crippen MR) is 170 cm³/mol. The molecule has 0 atom stereocenters. The third-order valence-electron chi connectivity index (χ3n) is 5.39. The minimum absolute atomic E-state index is 0.464. The van der Waals surface area contributed by atoms with Crippen LogP contribution in [0.2, 0.25) is 0 Å². The minimum atomic E-state index is 0.464. The number of azo groups is 1. The molecule has 228 valence electrons. The molecule has 2 aromatic rings. The molecule has 0 unspecified atom stereocenters. The quantitative estimate of drug-likeness (QED) is 0.374. The lowest BCUT2D eigenvalue weighted by atomic mass is 9.97. The Kier molecular flexibility index (Phi) is 24.8. The van der Waals surface area contributed by atoms with Gasteiger partial charge in [0.15, 0.2) is 0 Å². The van der Waals surface area contributed by atoms with Crippen LogP contribution in [0.1, 0.15) is 171 Å². The van der Waals surface area contributed by atoms with Gasteiger partial charge in [0.05, 0.1) is 35.0 Å². The summed E-state index contributed by atoms with van der Waals surface area (Å²) >= 11 is 0. The SMILES string of the molecule is CC.CC.CC.CC(C)C1=C(C(C)C)N=NC1.CC(C)c1n[nH]nc1C(C)C.CC(C)c1n[nH]nc1C(C)C. The Labute approximate surface area is 241 Å². The zero-order valence-corrected chi connectivity index (χ0v) is 28.9. The van der Waals surface area contributed by atoms with Gasteiger partial charge in [-0.15, -0.1) is 0 Å². The van der Waals surface area contributed by atoms with Crippen LogP contribution in [0.25, 0.3) is 0 Å². The van der Waals surface area contributed by atoms with Crippen molar-refractivity contribution in [2.45, 2.75) is 148 Å². The highest BCUT2D eigenvalue weighted by atomic mass is 15.3. The van der Waals surface area contributed by atoms with Gasteiger partial charge in [-0.25, -0.2) is 0 Å². The van der Waals surface area contributed by atoms with Crippen LogP contribution in [-0.2, 0) is 0 Å². The number of allylic oxidation sites excluding steroid dienone is 1. The van der Waals surface area contributed by atoms with Crippen molar-refractivity contribution in [1.82, 2.24) is 30.8 Å². The molecule has 0 radical (unpaired) electrons. The maximum atomic E-state index is 4.14. The number of nitrogens with zero attached hydrogens (tertiary/aromatic N) is 6. The highest BCUT2D eigenvalue weighted by Crippen LogP contribution is 2.27. The van der Waals surface area contributed by atoms with Crippen LogP contribution < -0.4 is 0 Å². The number of hydrogen-bond donors (Lipinski definition) is 2. The normalized spacial score (nSPS) is 11.9. The lowest BCUT2D eigenvalue weighted by molar-refractivity contribution is 0.695. The first-order chi connectivity index (χ1) is 18.4. The van der Waals surface area contributed by atoms with Gasteiger partial charge in [0.25, 0.3) is 0 Å². The zero-order chi connectivity index (χ0) is 31.3. The molecule has 0 aliphatic carbocycles. The van der Waals surface area contributed by atoms with Crippen LogP contribution in [0.4, 0.5) is 0 Å². The van der Waals surface area contributed by atoms with E-state index in [9.17, 15) is 0 Å².